The number of methoxy groups -OCH3 is 1. The van der Waals surface area contributed by atoms with Gasteiger partial charge in [0.15, 0.2) is 19.7 Å². The van der Waals surface area contributed by atoms with Crippen LogP contribution >= 0.6 is 11.6 Å². The summed E-state index contributed by atoms with van der Waals surface area (Å²) < 4.78 is 54.2. The predicted molar refractivity (Wildman–Crippen MR) is 85.7 cm³/mol. The van der Waals surface area contributed by atoms with Gasteiger partial charge in [-0.25, -0.2) is 16.8 Å². The Labute approximate surface area is 136 Å². The van der Waals surface area contributed by atoms with Crippen molar-refractivity contribution in [3.63, 3.8) is 0 Å². The van der Waals surface area contributed by atoms with E-state index in [2.05, 4.69) is 0 Å². The fourth-order valence-electron chi connectivity index (χ4n) is 2.79. The standard InChI is InChI=1S/C14H19ClO5S2/c1-20-8-2-3-11-9-21(16,17)10-14(11)22(18,19)13-6-4-12(15)5-7-13/h4-7,11,14H,2-3,8-10H2,1H3/t11-,14-/m0/s1. The van der Waals surface area contributed by atoms with E-state index in [0.717, 1.165) is 0 Å². The Bertz CT molecular complexity index is 710. The van der Waals surface area contributed by atoms with Gasteiger partial charge < -0.3 is 4.74 Å². The zero-order chi connectivity index (χ0) is 16.4. The van der Waals surface area contributed by atoms with Gasteiger partial charge in [-0.05, 0) is 43.0 Å². The first-order valence-electron chi connectivity index (χ1n) is 6.95. The molecule has 1 heterocycles. The fourth-order valence-corrected chi connectivity index (χ4v) is 7.94. The van der Waals surface area contributed by atoms with Crippen molar-refractivity contribution in [1.29, 1.82) is 0 Å². The van der Waals surface area contributed by atoms with Crippen LogP contribution in [0, 0.1) is 5.92 Å². The minimum Gasteiger partial charge on any atom is -0.385 e. The average Bonchev–Trinajstić information content (AvgIpc) is 2.75. The molecule has 1 aromatic carbocycles. The van der Waals surface area contributed by atoms with Crippen LogP contribution in [0.2, 0.25) is 5.02 Å². The Hall–Kier alpha value is -0.630. The summed E-state index contributed by atoms with van der Waals surface area (Å²) in [7, 11) is -5.46. The Morgan fingerprint density at radius 3 is 2.45 bits per heavy atom. The molecule has 0 radical (unpaired) electrons. The van der Waals surface area contributed by atoms with Crippen LogP contribution in [0.25, 0.3) is 0 Å². The van der Waals surface area contributed by atoms with Crippen molar-refractivity contribution < 1.29 is 21.6 Å². The molecule has 0 bridgehead atoms. The molecule has 2 atom stereocenters. The number of sulfone groups is 2. The second-order valence-electron chi connectivity index (χ2n) is 5.51. The zero-order valence-corrected chi connectivity index (χ0v) is 14.6. The van der Waals surface area contributed by atoms with E-state index in [1.165, 1.54) is 24.3 Å². The summed E-state index contributed by atoms with van der Waals surface area (Å²) in [5.41, 5.74) is 0. The molecule has 1 aromatic rings. The number of ether oxygens (including phenoxy) is 1. The van der Waals surface area contributed by atoms with Crippen LogP contribution in [0.15, 0.2) is 29.2 Å². The maximum absolute atomic E-state index is 12.7. The molecule has 0 aliphatic carbocycles. The zero-order valence-electron chi connectivity index (χ0n) is 12.2. The number of hydrogen-bond acceptors (Lipinski definition) is 5. The molecule has 1 aliphatic rings. The topological polar surface area (TPSA) is 77.5 Å². The van der Waals surface area contributed by atoms with Crippen LogP contribution in [0.3, 0.4) is 0 Å². The lowest BCUT2D eigenvalue weighted by Crippen LogP contribution is -2.29. The van der Waals surface area contributed by atoms with Gasteiger partial charge in [-0.1, -0.05) is 11.6 Å². The van der Waals surface area contributed by atoms with E-state index in [4.69, 9.17) is 16.3 Å². The van der Waals surface area contributed by atoms with Crippen molar-refractivity contribution in [2.24, 2.45) is 5.92 Å². The van der Waals surface area contributed by atoms with Gasteiger partial charge in [0.1, 0.15) is 0 Å². The Balaban J connectivity index is 2.28. The highest BCUT2D eigenvalue weighted by Crippen LogP contribution is 2.33. The van der Waals surface area contributed by atoms with E-state index >= 15 is 0 Å². The van der Waals surface area contributed by atoms with Gasteiger partial charge in [-0.15, -0.1) is 0 Å². The summed E-state index contributed by atoms with van der Waals surface area (Å²) in [5, 5.41) is -0.454. The van der Waals surface area contributed by atoms with Crippen LogP contribution in [-0.4, -0.2) is 47.3 Å². The second kappa shape index (κ2) is 6.86. The van der Waals surface area contributed by atoms with Gasteiger partial charge >= 0.3 is 0 Å². The van der Waals surface area contributed by atoms with E-state index < -0.39 is 24.9 Å². The third kappa shape index (κ3) is 4.01. The molecule has 5 nitrogen and oxygen atoms in total. The smallest absolute Gasteiger partial charge is 0.182 e. The minimum atomic E-state index is -3.69. The van der Waals surface area contributed by atoms with E-state index in [-0.39, 0.29) is 22.3 Å². The fraction of sp³-hybridized carbons (Fsp3) is 0.571. The summed E-state index contributed by atoms with van der Waals surface area (Å²) in [4.78, 5) is 0.121. The van der Waals surface area contributed by atoms with E-state index in [0.29, 0.717) is 24.5 Å². The van der Waals surface area contributed by atoms with Crippen molar-refractivity contribution in [3.05, 3.63) is 29.3 Å². The van der Waals surface area contributed by atoms with E-state index in [9.17, 15) is 16.8 Å². The molecular weight excluding hydrogens is 348 g/mol. The molecule has 0 unspecified atom stereocenters. The molecule has 0 amide bonds. The molecule has 0 aromatic heterocycles. The summed E-state index contributed by atoms with van der Waals surface area (Å²) in [6.07, 6.45) is 1.16. The van der Waals surface area contributed by atoms with Crippen molar-refractivity contribution in [2.45, 2.75) is 23.0 Å². The summed E-state index contributed by atoms with van der Waals surface area (Å²) in [5.74, 6) is -0.773. The largest absolute Gasteiger partial charge is 0.385 e. The molecule has 0 N–H and O–H groups in total. The number of hydrogen-bond donors (Lipinski definition) is 0. The molecule has 0 spiro atoms. The third-order valence-corrected chi connectivity index (χ3v) is 8.42. The van der Waals surface area contributed by atoms with E-state index in [1.807, 2.05) is 0 Å². The lowest BCUT2D eigenvalue weighted by molar-refractivity contribution is 0.188. The van der Waals surface area contributed by atoms with Gasteiger partial charge in [0.05, 0.1) is 21.7 Å². The Kier molecular flexibility index (Phi) is 5.53. The lowest BCUT2D eigenvalue weighted by atomic mass is 10.0. The Morgan fingerprint density at radius 2 is 1.86 bits per heavy atom. The molecule has 0 saturated carbocycles. The molecule has 1 aliphatic heterocycles. The first-order chi connectivity index (χ1) is 10.3. The monoisotopic (exact) mass is 366 g/mol. The molecule has 1 saturated heterocycles. The maximum atomic E-state index is 12.7. The van der Waals surface area contributed by atoms with Crippen LogP contribution in [-0.2, 0) is 24.4 Å². The predicted octanol–water partition coefficient (Wildman–Crippen LogP) is 1.95. The average molecular weight is 367 g/mol. The van der Waals surface area contributed by atoms with E-state index in [1.54, 1.807) is 7.11 Å². The highest BCUT2D eigenvalue weighted by atomic mass is 35.5. The Morgan fingerprint density at radius 1 is 1.23 bits per heavy atom. The second-order valence-corrected chi connectivity index (χ2v) is 10.3. The third-order valence-electron chi connectivity index (χ3n) is 3.88. The molecule has 1 fully saturated rings. The van der Waals surface area contributed by atoms with Gasteiger partial charge in [-0.2, -0.15) is 0 Å². The molecule has 124 valence electrons. The first kappa shape index (κ1) is 17.7. The van der Waals surface area contributed by atoms with Crippen molar-refractivity contribution in [1.82, 2.24) is 0 Å². The number of rotatable bonds is 6. The SMILES string of the molecule is COCCC[C@H]1CS(=O)(=O)C[C@@H]1S(=O)(=O)c1ccc(Cl)cc1. The molecule has 2 rings (SSSR count). The molecular formula is C14H19ClO5S2. The quantitative estimate of drug-likeness (QED) is 0.719. The van der Waals surface area contributed by atoms with Gasteiger partial charge in [0, 0.05) is 18.7 Å². The first-order valence-corrected chi connectivity index (χ1v) is 10.7. The highest BCUT2D eigenvalue weighted by molar-refractivity contribution is 7.96. The maximum Gasteiger partial charge on any atom is 0.182 e. The van der Waals surface area contributed by atoms with Crippen molar-refractivity contribution in [2.75, 3.05) is 25.2 Å². The number of halogens is 1. The van der Waals surface area contributed by atoms with Gasteiger partial charge in [-0.3, -0.25) is 0 Å². The molecule has 22 heavy (non-hydrogen) atoms. The van der Waals surface area contributed by atoms with Crippen LogP contribution in [0.4, 0.5) is 0 Å². The van der Waals surface area contributed by atoms with Gasteiger partial charge in [0.2, 0.25) is 0 Å². The summed E-state index contributed by atoms with van der Waals surface area (Å²) in [6.45, 7) is 0.490. The minimum absolute atomic E-state index is 0.0752. The van der Waals surface area contributed by atoms with Crippen LogP contribution in [0.1, 0.15) is 12.8 Å². The summed E-state index contributed by atoms with van der Waals surface area (Å²) >= 11 is 5.78. The van der Waals surface area contributed by atoms with Gasteiger partial charge in [0.25, 0.3) is 0 Å². The lowest BCUT2D eigenvalue weighted by Gasteiger charge is -2.18. The molecule has 8 heteroatoms. The number of benzene rings is 1. The van der Waals surface area contributed by atoms with Crippen molar-refractivity contribution >= 4 is 31.3 Å². The highest BCUT2D eigenvalue weighted by Gasteiger charge is 2.45. The van der Waals surface area contributed by atoms with Crippen LogP contribution in [0.5, 0.6) is 0 Å². The normalized spacial score (nSPS) is 24.5. The van der Waals surface area contributed by atoms with Crippen LogP contribution < -0.4 is 0 Å². The van der Waals surface area contributed by atoms with Crippen molar-refractivity contribution in [3.8, 4) is 0 Å². The summed E-state index contributed by atoms with van der Waals surface area (Å²) in [6, 6.07) is 5.85.